The first-order chi connectivity index (χ1) is 14.0. The van der Waals surface area contributed by atoms with E-state index in [1.54, 1.807) is 50.6 Å². The normalized spacial score (nSPS) is 16.4. The van der Waals surface area contributed by atoms with Crippen LogP contribution in [0, 0.1) is 0 Å². The summed E-state index contributed by atoms with van der Waals surface area (Å²) in [6.07, 6.45) is 3.22. The number of benzene rings is 1. The van der Waals surface area contributed by atoms with E-state index in [1.165, 1.54) is 23.0 Å². The molecular weight excluding hydrogens is 392 g/mol. The average Bonchev–Trinajstić information content (AvgIpc) is 3.35. The molecule has 4 rings (SSSR count). The molecule has 0 spiro atoms. The number of carbonyl (C=O) groups is 1. The van der Waals surface area contributed by atoms with E-state index in [0.717, 1.165) is 5.56 Å². The molecule has 1 aromatic carbocycles. The van der Waals surface area contributed by atoms with Crippen molar-refractivity contribution < 1.29 is 18.7 Å². The summed E-state index contributed by atoms with van der Waals surface area (Å²) in [5, 5.41) is 0. The second-order valence-corrected chi connectivity index (χ2v) is 7.37. The number of carbonyl (C=O) groups excluding carboxylic acids is 1. The number of nitrogens with zero attached hydrogens (tertiary/aromatic N) is 2. The molecule has 7 nitrogen and oxygen atoms in total. The third kappa shape index (κ3) is 3.31. The van der Waals surface area contributed by atoms with Crippen LogP contribution in [0.2, 0.25) is 0 Å². The Balaban J connectivity index is 1.97. The Morgan fingerprint density at radius 3 is 2.62 bits per heavy atom. The van der Waals surface area contributed by atoms with Crippen LogP contribution in [0.3, 0.4) is 0 Å². The fourth-order valence-electron chi connectivity index (χ4n) is 3.30. The maximum Gasteiger partial charge on any atom is 0.338 e. The van der Waals surface area contributed by atoms with Gasteiger partial charge in [-0.15, -0.1) is 0 Å². The molecular formula is C21H18N2O5S. The van der Waals surface area contributed by atoms with Crippen LogP contribution in [-0.4, -0.2) is 24.8 Å². The zero-order valence-corrected chi connectivity index (χ0v) is 16.9. The van der Waals surface area contributed by atoms with Gasteiger partial charge in [0.1, 0.15) is 11.5 Å². The second kappa shape index (κ2) is 7.56. The van der Waals surface area contributed by atoms with Crippen molar-refractivity contribution >= 4 is 23.4 Å². The van der Waals surface area contributed by atoms with Gasteiger partial charge in [0.25, 0.3) is 5.56 Å². The lowest BCUT2D eigenvalue weighted by atomic mass is 9.96. The molecule has 0 radical (unpaired) electrons. The smallest absolute Gasteiger partial charge is 0.338 e. The molecule has 29 heavy (non-hydrogen) atoms. The second-order valence-electron chi connectivity index (χ2n) is 6.36. The molecule has 0 bridgehead atoms. The third-order valence-electron chi connectivity index (χ3n) is 4.68. The number of allylic oxidation sites excluding steroid dienone is 1. The van der Waals surface area contributed by atoms with E-state index >= 15 is 0 Å². The quantitative estimate of drug-likeness (QED) is 0.615. The Labute approximate surface area is 169 Å². The highest BCUT2D eigenvalue weighted by atomic mass is 32.1. The molecule has 0 fully saturated rings. The fourth-order valence-corrected chi connectivity index (χ4v) is 4.32. The Bertz CT molecular complexity index is 1260. The predicted molar refractivity (Wildman–Crippen MR) is 107 cm³/mol. The van der Waals surface area contributed by atoms with Gasteiger partial charge in [-0.1, -0.05) is 23.5 Å². The van der Waals surface area contributed by atoms with Crippen LogP contribution in [-0.2, 0) is 9.53 Å². The number of thiazole rings is 1. The zero-order valence-electron chi connectivity index (χ0n) is 16.0. The number of methoxy groups -OCH3 is 2. The molecule has 1 aliphatic rings. The monoisotopic (exact) mass is 410 g/mol. The van der Waals surface area contributed by atoms with Gasteiger partial charge in [-0.2, -0.15) is 0 Å². The SMILES string of the molecule is COC(=O)C1=C(C)N=c2s/c(=C/c3ccco3)c(=O)n2[C@H]1c1ccc(OC)cc1. The first-order valence-electron chi connectivity index (χ1n) is 8.82. The standard InChI is InChI=1S/C21H18N2O5S/c1-12-17(20(25)27-3)18(13-6-8-14(26-2)9-7-13)23-19(24)16(29-21(23)22-12)11-15-5-4-10-28-15/h4-11,18H,1-3H3/b16-11+/t18-/m0/s1. The zero-order chi connectivity index (χ0) is 20.5. The van der Waals surface area contributed by atoms with Gasteiger partial charge in [0.05, 0.1) is 42.3 Å². The molecule has 0 N–H and O–H groups in total. The average molecular weight is 410 g/mol. The van der Waals surface area contributed by atoms with Gasteiger partial charge in [-0.05, 0) is 36.8 Å². The lowest BCUT2D eigenvalue weighted by molar-refractivity contribution is -0.136. The van der Waals surface area contributed by atoms with Crippen molar-refractivity contribution in [3.63, 3.8) is 0 Å². The first kappa shape index (κ1) is 18.9. The summed E-state index contributed by atoms with van der Waals surface area (Å²) in [4.78, 5) is 30.8. The Morgan fingerprint density at radius 2 is 2.00 bits per heavy atom. The molecule has 148 valence electrons. The summed E-state index contributed by atoms with van der Waals surface area (Å²) in [5.41, 5.74) is 1.35. The van der Waals surface area contributed by atoms with Crippen LogP contribution >= 0.6 is 11.3 Å². The fraction of sp³-hybridized carbons (Fsp3) is 0.190. The van der Waals surface area contributed by atoms with Crippen LogP contribution in [0.5, 0.6) is 5.75 Å². The Morgan fingerprint density at radius 1 is 1.24 bits per heavy atom. The first-order valence-corrected chi connectivity index (χ1v) is 9.63. The number of esters is 1. The van der Waals surface area contributed by atoms with Crippen LogP contribution in [0.4, 0.5) is 0 Å². The van der Waals surface area contributed by atoms with Gasteiger partial charge in [0.15, 0.2) is 4.80 Å². The van der Waals surface area contributed by atoms with Crippen molar-refractivity contribution in [2.45, 2.75) is 13.0 Å². The molecule has 3 heterocycles. The molecule has 8 heteroatoms. The number of aromatic nitrogens is 1. The number of hydrogen-bond donors (Lipinski definition) is 0. The highest BCUT2D eigenvalue weighted by molar-refractivity contribution is 7.07. The summed E-state index contributed by atoms with van der Waals surface area (Å²) in [7, 11) is 2.90. The Kier molecular flexibility index (Phi) is 4.94. The van der Waals surface area contributed by atoms with E-state index in [4.69, 9.17) is 13.9 Å². The van der Waals surface area contributed by atoms with Crippen molar-refractivity contribution in [2.24, 2.45) is 4.99 Å². The van der Waals surface area contributed by atoms with Gasteiger partial charge >= 0.3 is 5.97 Å². The minimum atomic E-state index is -0.650. The number of rotatable bonds is 4. The van der Waals surface area contributed by atoms with Crippen molar-refractivity contribution in [2.75, 3.05) is 14.2 Å². The van der Waals surface area contributed by atoms with E-state index in [1.807, 2.05) is 12.1 Å². The van der Waals surface area contributed by atoms with Crippen LogP contribution in [0.1, 0.15) is 24.3 Å². The molecule has 1 aliphatic heterocycles. The van der Waals surface area contributed by atoms with Gasteiger partial charge < -0.3 is 13.9 Å². The van der Waals surface area contributed by atoms with Crippen molar-refractivity contribution in [3.05, 3.63) is 84.9 Å². The lowest BCUT2D eigenvalue weighted by Gasteiger charge is -2.24. The number of fused-ring (bicyclic) bond motifs is 1. The minimum Gasteiger partial charge on any atom is -0.497 e. The van der Waals surface area contributed by atoms with Gasteiger partial charge in [-0.25, -0.2) is 9.79 Å². The molecule has 0 saturated carbocycles. The number of hydrogen-bond acceptors (Lipinski definition) is 7. The van der Waals surface area contributed by atoms with E-state index < -0.39 is 12.0 Å². The van der Waals surface area contributed by atoms with E-state index in [2.05, 4.69) is 4.99 Å². The number of ether oxygens (including phenoxy) is 2. The molecule has 3 aromatic rings. The molecule has 0 saturated heterocycles. The van der Waals surface area contributed by atoms with Crippen LogP contribution in [0.15, 0.2) is 68.1 Å². The Hall–Kier alpha value is -3.39. The van der Waals surface area contributed by atoms with Crippen molar-refractivity contribution in [1.29, 1.82) is 0 Å². The highest BCUT2D eigenvalue weighted by Crippen LogP contribution is 2.31. The van der Waals surface area contributed by atoms with Crippen molar-refractivity contribution in [3.8, 4) is 5.75 Å². The summed E-state index contributed by atoms with van der Waals surface area (Å²) >= 11 is 1.25. The highest BCUT2D eigenvalue weighted by Gasteiger charge is 2.33. The minimum absolute atomic E-state index is 0.250. The van der Waals surface area contributed by atoms with E-state index in [-0.39, 0.29) is 5.56 Å². The topological polar surface area (TPSA) is 83.0 Å². The van der Waals surface area contributed by atoms with Gasteiger partial charge in [0, 0.05) is 6.08 Å². The van der Waals surface area contributed by atoms with E-state index in [9.17, 15) is 9.59 Å². The largest absolute Gasteiger partial charge is 0.497 e. The maximum absolute atomic E-state index is 13.3. The molecule has 0 amide bonds. The summed E-state index contributed by atoms with van der Waals surface area (Å²) in [6, 6.07) is 10.1. The van der Waals surface area contributed by atoms with Crippen LogP contribution < -0.4 is 19.6 Å². The van der Waals surface area contributed by atoms with Gasteiger partial charge in [0.2, 0.25) is 0 Å². The van der Waals surface area contributed by atoms with Crippen LogP contribution in [0.25, 0.3) is 6.08 Å². The van der Waals surface area contributed by atoms with E-state index in [0.29, 0.717) is 32.1 Å². The summed E-state index contributed by atoms with van der Waals surface area (Å²) < 4.78 is 17.5. The lowest BCUT2D eigenvalue weighted by Crippen LogP contribution is -2.39. The summed E-state index contributed by atoms with van der Waals surface area (Å²) in [6.45, 7) is 1.74. The molecule has 1 atom stereocenters. The molecule has 0 aliphatic carbocycles. The molecule has 0 unspecified atom stereocenters. The predicted octanol–water partition coefficient (Wildman–Crippen LogP) is 2.01. The van der Waals surface area contributed by atoms with Gasteiger partial charge in [-0.3, -0.25) is 9.36 Å². The maximum atomic E-state index is 13.3. The third-order valence-corrected chi connectivity index (χ3v) is 5.66. The summed E-state index contributed by atoms with van der Waals surface area (Å²) in [5.74, 6) is 0.729. The molecule has 2 aromatic heterocycles. The van der Waals surface area contributed by atoms with Crippen molar-refractivity contribution in [1.82, 2.24) is 4.57 Å². The number of furan rings is 1.